The topological polar surface area (TPSA) is 21.7 Å². The number of thioether (sulfide) groups is 1. The molecule has 0 bridgehead atoms. The minimum absolute atomic E-state index is 0.263. The van der Waals surface area contributed by atoms with Crippen molar-refractivity contribution >= 4 is 30.0 Å². The molecule has 0 saturated carbocycles. The lowest BCUT2D eigenvalue weighted by molar-refractivity contribution is 0.00578. The summed E-state index contributed by atoms with van der Waals surface area (Å²) < 4.78 is 12.2. The SMILES string of the molecule is CC1(C)OB(c2ccc(N3CCSCC3)cc2)OC1(C)C. The summed E-state index contributed by atoms with van der Waals surface area (Å²) in [5.41, 5.74) is 1.85. The van der Waals surface area contributed by atoms with E-state index in [2.05, 4.69) is 56.9 Å². The molecule has 1 aromatic carbocycles. The molecular formula is C16H24BNO2S. The highest BCUT2D eigenvalue weighted by Crippen LogP contribution is 2.36. The summed E-state index contributed by atoms with van der Waals surface area (Å²) in [5.74, 6) is 2.44. The van der Waals surface area contributed by atoms with Gasteiger partial charge in [0.1, 0.15) is 0 Å². The Morgan fingerprint density at radius 1 is 0.952 bits per heavy atom. The van der Waals surface area contributed by atoms with Crippen molar-refractivity contribution in [1.82, 2.24) is 0 Å². The van der Waals surface area contributed by atoms with E-state index in [1.54, 1.807) is 0 Å². The molecular weight excluding hydrogens is 281 g/mol. The number of hydrogen-bond acceptors (Lipinski definition) is 4. The molecule has 2 aliphatic heterocycles. The number of anilines is 1. The predicted molar refractivity (Wildman–Crippen MR) is 91.7 cm³/mol. The lowest BCUT2D eigenvalue weighted by Gasteiger charge is -2.32. The van der Waals surface area contributed by atoms with Crippen molar-refractivity contribution in [3.05, 3.63) is 24.3 Å². The summed E-state index contributed by atoms with van der Waals surface area (Å²) >= 11 is 2.03. The highest BCUT2D eigenvalue weighted by atomic mass is 32.2. The number of nitrogens with zero attached hydrogens (tertiary/aromatic N) is 1. The molecule has 2 heterocycles. The molecule has 0 spiro atoms. The van der Waals surface area contributed by atoms with Crippen LogP contribution in [0.5, 0.6) is 0 Å². The monoisotopic (exact) mass is 305 g/mol. The van der Waals surface area contributed by atoms with Gasteiger partial charge in [-0.1, -0.05) is 12.1 Å². The van der Waals surface area contributed by atoms with E-state index < -0.39 is 0 Å². The summed E-state index contributed by atoms with van der Waals surface area (Å²) in [7, 11) is -0.263. The summed E-state index contributed by atoms with van der Waals surface area (Å²) in [6.45, 7) is 10.6. The van der Waals surface area contributed by atoms with Crippen LogP contribution in [-0.4, -0.2) is 42.9 Å². The maximum absolute atomic E-state index is 6.10. The molecule has 5 heteroatoms. The van der Waals surface area contributed by atoms with Gasteiger partial charge in [0.05, 0.1) is 11.2 Å². The van der Waals surface area contributed by atoms with Crippen molar-refractivity contribution in [2.75, 3.05) is 29.5 Å². The van der Waals surface area contributed by atoms with Crippen LogP contribution in [0.25, 0.3) is 0 Å². The van der Waals surface area contributed by atoms with Crippen LogP contribution < -0.4 is 10.4 Å². The summed E-state index contributed by atoms with van der Waals surface area (Å²) in [4.78, 5) is 2.45. The summed E-state index contributed by atoms with van der Waals surface area (Å²) in [6.07, 6.45) is 0. The first kappa shape index (κ1) is 15.3. The molecule has 2 aliphatic rings. The van der Waals surface area contributed by atoms with Gasteiger partial charge in [0.15, 0.2) is 0 Å². The lowest BCUT2D eigenvalue weighted by atomic mass is 9.79. The molecule has 2 saturated heterocycles. The molecule has 21 heavy (non-hydrogen) atoms. The van der Waals surface area contributed by atoms with Crippen molar-refractivity contribution in [2.45, 2.75) is 38.9 Å². The van der Waals surface area contributed by atoms with Gasteiger partial charge in [0.2, 0.25) is 0 Å². The fourth-order valence-electron chi connectivity index (χ4n) is 2.64. The average Bonchev–Trinajstić information content (AvgIpc) is 2.69. The lowest BCUT2D eigenvalue weighted by Crippen LogP contribution is -2.41. The van der Waals surface area contributed by atoms with E-state index in [9.17, 15) is 0 Å². The first-order valence-electron chi connectivity index (χ1n) is 7.67. The second-order valence-corrected chi connectivity index (χ2v) is 8.00. The predicted octanol–water partition coefficient (Wildman–Crippen LogP) is 2.54. The maximum Gasteiger partial charge on any atom is 0.494 e. The van der Waals surface area contributed by atoms with Gasteiger partial charge in [0, 0.05) is 30.3 Å². The van der Waals surface area contributed by atoms with Gasteiger partial charge in [-0.25, -0.2) is 0 Å². The van der Waals surface area contributed by atoms with Crippen molar-refractivity contribution in [3.63, 3.8) is 0 Å². The molecule has 3 nitrogen and oxygen atoms in total. The summed E-state index contributed by atoms with van der Waals surface area (Å²) in [5, 5.41) is 0. The Balaban J connectivity index is 1.73. The highest BCUT2D eigenvalue weighted by molar-refractivity contribution is 7.99. The fourth-order valence-corrected chi connectivity index (χ4v) is 3.55. The van der Waals surface area contributed by atoms with E-state index in [4.69, 9.17) is 9.31 Å². The number of rotatable bonds is 2. The smallest absolute Gasteiger partial charge is 0.399 e. The first-order chi connectivity index (χ1) is 9.89. The van der Waals surface area contributed by atoms with Gasteiger partial charge in [-0.2, -0.15) is 11.8 Å². The average molecular weight is 305 g/mol. The van der Waals surface area contributed by atoms with E-state index in [0.717, 1.165) is 18.6 Å². The van der Waals surface area contributed by atoms with E-state index in [1.165, 1.54) is 17.2 Å². The quantitative estimate of drug-likeness (QED) is 0.783. The summed E-state index contributed by atoms with van der Waals surface area (Å²) in [6, 6.07) is 8.66. The van der Waals surface area contributed by atoms with Crippen LogP contribution in [-0.2, 0) is 9.31 Å². The molecule has 0 N–H and O–H groups in total. The Morgan fingerprint density at radius 2 is 1.48 bits per heavy atom. The van der Waals surface area contributed by atoms with Crippen LogP contribution in [0.3, 0.4) is 0 Å². The van der Waals surface area contributed by atoms with Crippen LogP contribution in [0.4, 0.5) is 5.69 Å². The third-order valence-corrected chi connectivity index (χ3v) is 5.74. The Hall–Kier alpha value is -0.645. The third-order valence-electron chi connectivity index (χ3n) is 4.79. The zero-order chi connectivity index (χ0) is 15.1. The normalized spacial score (nSPS) is 24.4. The van der Waals surface area contributed by atoms with Gasteiger partial charge in [-0.05, 0) is 45.3 Å². The molecule has 3 rings (SSSR count). The Kier molecular flexibility index (Phi) is 4.01. The van der Waals surface area contributed by atoms with Crippen molar-refractivity contribution in [2.24, 2.45) is 0 Å². The van der Waals surface area contributed by atoms with Crippen LogP contribution in [0, 0.1) is 0 Å². The van der Waals surface area contributed by atoms with Crippen LogP contribution in [0.1, 0.15) is 27.7 Å². The maximum atomic E-state index is 6.10. The van der Waals surface area contributed by atoms with Gasteiger partial charge in [-0.15, -0.1) is 0 Å². The molecule has 114 valence electrons. The molecule has 2 fully saturated rings. The Labute approximate surface area is 132 Å². The molecule has 0 unspecified atom stereocenters. The van der Waals surface area contributed by atoms with E-state index in [0.29, 0.717) is 0 Å². The molecule has 0 amide bonds. The number of hydrogen-bond donors (Lipinski definition) is 0. The van der Waals surface area contributed by atoms with Crippen LogP contribution in [0.15, 0.2) is 24.3 Å². The fraction of sp³-hybridized carbons (Fsp3) is 0.625. The molecule has 0 radical (unpaired) electrons. The molecule has 1 aromatic rings. The van der Waals surface area contributed by atoms with Gasteiger partial charge < -0.3 is 14.2 Å². The van der Waals surface area contributed by atoms with Crippen molar-refractivity contribution in [3.8, 4) is 0 Å². The van der Waals surface area contributed by atoms with E-state index in [1.807, 2.05) is 11.8 Å². The van der Waals surface area contributed by atoms with Gasteiger partial charge in [-0.3, -0.25) is 0 Å². The zero-order valence-corrected chi connectivity index (χ0v) is 14.2. The van der Waals surface area contributed by atoms with Gasteiger partial charge in [0.25, 0.3) is 0 Å². The van der Waals surface area contributed by atoms with Gasteiger partial charge >= 0.3 is 7.12 Å². The minimum atomic E-state index is -0.277. The Bertz CT molecular complexity index is 482. The molecule has 0 aliphatic carbocycles. The number of benzene rings is 1. The van der Waals surface area contributed by atoms with Crippen LogP contribution >= 0.6 is 11.8 Å². The molecule has 0 atom stereocenters. The van der Waals surface area contributed by atoms with Crippen molar-refractivity contribution < 1.29 is 9.31 Å². The second kappa shape index (κ2) is 5.52. The zero-order valence-electron chi connectivity index (χ0n) is 13.4. The molecule has 0 aromatic heterocycles. The Morgan fingerprint density at radius 3 is 2.00 bits per heavy atom. The third kappa shape index (κ3) is 2.96. The first-order valence-corrected chi connectivity index (χ1v) is 8.83. The van der Waals surface area contributed by atoms with Crippen LogP contribution in [0.2, 0.25) is 0 Å². The highest BCUT2D eigenvalue weighted by Gasteiger charge is 2.51. The standard InChI is InChI=1S/C16H24BNO2S/c1-15(2)16(3,4)20-17(19-15)13-5-7-14(8-6-13)18-9-11-21-12-10-18/h5-8H,9-12H2,1-4H3. The largest absolute Gasteiger partial charge is 0.494 e. The van der Waals surface area contributed by atoms with E-state index >= 15 is 0 Å². The van der Waals surface area contributed by atoms with Crippen molar-refractivity contribution in [1.29, 1.82) is 0 Å². The minimum Gasteiger partial charge on any atom is -0.399 e. The second-order valence-electron chi connectivity index (χ2n) is 6.78. The van der Waals surface area contributed by atoms with E-state index in [-0.39, 0.29) is 18.3 Å².